The van der Waals surface area contributed by atoms with E-state index in [0.29, 0.717) is 17.5 Å². The lowest BCUT2D eigenvalue weighted by atomic mass is 9.53. The summed E-state index contributed by atoms with van der Waals surface area (Å²) in [6.45, 7) is 4.99. The lowest BCUT2D eigenvalue weighted by Crippen LogP contribution is -2.65. The van der Waals surface area contributed by atoms with Crippen molar-refractivity contribution in [1.82, 2.24) is 10.2 Å². The molecule has 0 amide bonds. The monoisotopic (exact) mass is 458 g/mol. The second-order valence-corrected chi connectivity index (χ2v) is 10.2. The van der Waals surface area contributed by atoms with Gasteiger partial charge in [-0.1, -0.05) is 12.1 Å². The maximum atomic E-state index is 11.7. The van der Waals surface area contributed by atoms with E-state index in [1.165, 1.54) is 37.6 Å². The summed E-state index contributed by atoms with van der Waals surface area (Å²) < 4.78 is 17.5. The van der Waals surface area contributed by atoms with E-state index in [0.717, 1.165) is 24.9 Å². The summed E-state index contributed by atoms with van der Waals surface area (Å²) in [6.07, 6.45) is 5.31. The Morgan fingerprint density at radius 1 is 1.25 bits per heavy atom. The number of thioether (sulfide) groups is 1. The topological polar surface area (TPSA) is 77.1 Å². The average molecular weight is 459 g/mol. The molecule has 0 saturated carbocycles. The number of rotatable bonds is 2. The number of esters is 2. The lowest BCUT2D eigenvalue weighted by Gasteiger charge is -2.56. The second kappa shape index (κ2) is 8.39. The molecule has 3 aliphatic heterocycles. The van der Waals surface area contributed by atoms with E-state index in [1.807, 2.05) is 23.9 Å². The van der Waals surface area contributed by atoms with Gasteiger partial charge in [0.15, 0.2) is 17.6 Å². The molecule has 2 saturated heterocycles. The van der Waals surface area contributed by atoms with Crippen LogP contribution in [0.2, 0.25) is 0 Å². The zero-order chi connectivity index (χ0) is 22.5. The summed E-state index contributed by atoms with van der Waals surface area (Å²) in [6, 6.07) is 4.28. The second-order valence-electron chi connectivity index (χ2n) is 9.14. The molecule has 1 N–H and O–H groups in total. The van der Waals surface area contributed by atoms with Crippen LogP contribution in [0.1, 0.15) is 31.4 Å². The Kier molecular flexibility index (Phi) is 5.72. The van der Waals surface area contributed by atoms with Crippen LogP contribution in [0.5, 0.6) is 11.5 Å². The highest BCUT2D eigenvalue weighted by molar-refractivity contribution is 7.99. The van der Waals surface area contributed by atoms with Crippen LogP contribution in [0.3, 0.4) is 0 Å². The molecule has 1 aromatic rings. The average Bonchev–Trinajstić information content (AvgIpc) is 3.42. The first-order valence-electron chi connectivity index (χ1n) is 11.3. The number of benzene rings is 1. The van der Waals surface area contributed by atoms with Crippen molar-refractivity contribution < 1.29 is 23.8 Å². The number of hydrogen-bond acceptors (Lipinski definition) is 8. The molecule has 3 heterocycles. The molecule has 6 rings (SSSR count). The van der Waals surface area contributed by atoms with Gasteiger partial charge in [-0.15, -0.1) is 11.8 Å². The Bertz CT molecular complexity index is 954. The summed E-state index contributed by atoms with van der Waals surface area (Å²) in [5.74, 6) is 3.18. The number of nitrogens with zero attached hydrogens (tertiary/aromatic N) is 1. The Hall–Kier alpha value is -2.03. The minimum absolute atomic E-state index is 0.245. The van der Waals surface area contributed by atoms with Gasteiger partial charge in [-0.05, 0) is 44.1 Å². The van der Waals surface area contributed by atoms with Gasteiger partial charge in [0, 0.05) is 55.0 Å². The molecule has 8 heteroatoms. The Morgan fingerprint density at radius 3 is 2.75 bits per heavy atom. The van der Waals surface area contributed by atoms with Crippen LogP contribution in [0.4, 0.5) is 0 Å². The molecule has 1 aromatic carbocycles. The van der Waals surface area contributed by atoms with Crippen LogP contribution in [-0.2, 0) is 26.2 Å². The maximum Gasteiger partial charge on any atom is 0.308 e. The van der Waals surface area contributed by atoms with E-state index in [4.69, 9.17) is 14.2 Å². The first-order chi connectivity index (χ1) is 15.4. The van der Waals surface area contributed by atoms with Crippen molar-refractivity contribution in [2.45, 2.75) is 50.4 Å². The maximum absolute atomic E-state index is 11.7. The van der Waals surface area contributed by atoms with Crippen LogP contribution in [-0.4, -0.2) is 66.9 Å². The Balaban J connectivity index is 0.000000383. The molecule has 5 aliphatic rings. The molecule has 2 aliphatic carbocycles. The molecule has 2 fully saturated rings. The minimum atomic E-state index is -0.439. The molecule has 0 unspecified atom stereocenters. The van der Waals surface area contributed by atoms with Gasteiger partial charge in [-0.2, -0.15) is 0 Å². The Labute approximate surface area is 192 Å². The SMILES string of the molecule is C1CSCN1.CC(=O)Oc1ccc2c3c1O[C@H]1[C@@H](OC(C)=O)C=C[C@H]4[C@@H](C2)N(C)CC[C@@]341. The van der Waals surface area contributed by atoms with E-state index in [9.17, 15) is 9.59 Å². The zero-order valence-corrected chi connectivity index (χ0v) is 19.6. The molecule has 32 heavy (non-hydrogen) atoms. The third-order valence-corrected chi connectivity index (χ3v) is 8.20. The number of likely N-dealkylation sites (tertiary alicyclic amines) is 1. The molecule has 0 aromatic heterocycles. The van der Waals surface area contributed by atoms with Crippen LogP contribution in [0, 0.1) is 5.92 Å². The largest absolute Gasteiger partial charge is 0.481 e. The summed E-state index contributed by atoms with van der Waals surface area (Å²) >= 11 is 1.96. The predicted molar refractivity (Wildman–Crippen MR) is 122 cm³/mol. The minimum Gasteiger partial charge on any atom is -0.481 e. The summed E-state index contributed by atoms with van der Waals surface area (Å²) in [5, 5.41) is 3.19. The van der Waals surface area contributed by atoms with Crippen molar-refractivity contribution in [3.8, 4) is 11.5 Å². The van der Waals surface area contributed by atoms with Gasteiger partial charge in [0.05, 0.1) is 0 Å². The number of ether oxygens (including phenoxy) is 3. The molecular weight excluding hydrogens is 428 g/mol. The van der Waals surface area contributed by atoms with Crippen LogP contribution < -0.4 is 14.8 Å². The molecule has 5 atom stereocenters. The van der Waals surface area contributed by atoms with E-state index in [2.05, 4.69) is 29.4 Å². The standard InChI is InChI=1S/C21H23NO5.C3H7NS/c1-11(23)25-16-6-4-13-10-15-14-5-7-17(26-12(2)24)20-21(14,8-9-22(15)3)18(13)19(16)27-20;1-2-5-3-4-1/h4-7,14-15,17,20H,8-10H2,1-3H3;4H,1-3H2/t14-,15+,17-,20-,21-;/m0./s1. The van der Waals surface area contributed by atoms with Gasteiger partial charge >= 0.3 is 11.9 Å². The molecule has 172 valence electrons. The predicted octanol–water partition coefficient (Wildman–Crippen LogP) is 2.27. The molecule has 7 nitrogen and oxygen atoms in total. The van der Waals surface area contributed by atoms with Crippen LogP contribution >= 0.6 is 11.8 Å². The molecular formula is C24H30N2O5S. The summed E-state index contributed by atoms with van der Waals surface area (Å²) in [7, 11) is 2.17. The van der Waals surface area contributed by atoms with Gasteiger partial charge in [0.2, 0.25) is 0 Å². The number of nitrogens with one attached hydrogen (secondary N) is 1. The van der Waals surface area contributed by atoms with Crippen LogP contribution in [0.15, 0.2) is 24.3 Å². The van der Waals surface area contributed by atoms with Gasteiger partial charge in [0.25, 0.3) is 0 Å². The van der Waals surface area contributed by atoms with Crippen molar-refractivity contribution in [1.29, 1.82) is 0 Å². The first kappa shape index (κ1) is 21.8. The van der Waals surface area contributed by atoms with Crippen molar-refractivity contribution in [3.63, 3.8) is 0 Å². The number of piperidine rings is 1. The van der Waals surface area contributed by atoms with Crippen LogP contribution in [0.25, 0.3) is 0 Å². The highest BCUT2D eigenvalue weighted by Crippen LogP contribution is 2.62. The van der Waals surface area contributed by atoms with Gasteiger partial charge in [-0.25, -0.2) is 0 Å². The highest BCUT2D eigenvalue weighted by atomic mass is 32.2. The molecule has 2 bridgehead atoms. The zero-order valence-electron chi connectivity index (χ0n) is 18.8. The highest BCUT2D eigenvalue weighted by Gasteiger charge is 2.65. The van der Waals surface area contributed by atoms with Crippen molar-refractivity contribution >= 4 is 23.7 Å². The van der Waals surface area contributed by atoms with E-state index < -0.39 is 6.10 Å². The van der Waals surface area contributed by atoms with Gasteiger partial charge < -0.3 is 24.4 Å². The van der Waals surface area contributed by atoms with E-state index >= 15 is 0 Å². The number of carbonyl (C=O) groups is 2. The first-order valence-corrected chi connectivity index (χ1v) is 12.4. The van der Waals surface area contributed by atoms with E-state index in [1.54, 1.807) is 0 Å². The fourth-order valence-electron chi connectivity index (χ4n) is 6.10. The fraction of sp³-hybridized carbons (Fsp3) is 0.583. The van der Waals surface area contributed by atoms with Crippen molar-refractivity contribution in [2.75, 3.05) is 31.8 Å². The number of hydrogen-bond donors (Lipinski definition) is 1. The molecule has 0 radical (unpaired) electrons. The quantitative estimate of drug-likeness (QED) is 0.411. The summed E-state index contributed by atoms with van der Waals surface area (Å²) in [5.41, 5.74) is 2.15. The van der Waals surface area contributed by atoms with E-state index in [-0.39, 0.29) is 29.4 Å². The number of carbonyl (C=O) groups excluding carboxylic acids is 2. The third-order valence-electron chi connectivity index (χ3n) is 7.30. The van der Waals surface area contributed by atoms with Crippen molar-refractivity contribution in [3.05, 3.63) is 35.4 Å². The number of likely N-dealkylation sites (N-methyl/N-ethyl adjacent to an activating group) is 1. The van der Waals surface area contributed by atoms with Gasteiger partial charge in [0.1, 0.15) is 6.10 Å². The lowest BCUT2D eigenvalue weighted by molar-refractivity contribution is -0.152. The fourth-order valence-corrected chi connectivity index (χ4v) is 6.82. The Morgan fingerprint density at radius 2 is 2.09 bits per heavy atom. The van der Waals surface area contributed by atoms with Crippen molar-refractivity contribution in [2.24, 2.45) is 5.92 Å². The normalized spacial score (nSPS) is 33.5. The molecule has 1 spiro atoms. The smallest absolute Gasteiger partial charge is 0.308 e. The van der Waals surface area contributed by atoms with Gasteiger partial charge in [-0.3, -0.25) is 9.59 Å². The summed E-state index contributed by atoms with van der Waals surface area (Å²) in [4.78, 5) is 25.7. The third kappa shape index (κ3) is 3.43.